The zero-order valence-corrected chi connectivity index (χ0v) is 7.05. The van der Waals surface area contributed by atoms with E-state index in [1.807, 2.05) is 0 Å². The average Bonchev–Trinajstić information content (AvgIpc) is 2.12. The van der Waals surface area contributed by atoms with Crippen molar-refractivity contribution in [3.8, 4) is 0 Å². The van der Waals surface area contributed by atoms with Gasteiger partial charge in [-0.05, 0) is 33.2 Å². The molecule has 0 amide bonds. The van der Waals surface area contributed by atoms with Crippen molar-refractivity contribution in [1.29, 1.82) is 0 Å². The maximum absolute atomic E-state index is 4.80. The molecular weight excluding hydrogens is 169 g/mol. The minimum absolute atomic E-state index is 0.472. The number of rotatable bonds is 0. The van der Waals surface area contributed by atoms with Gasteiger partial charge in [-0.25, -0.2) is 0 Å². The largest absolute Gasteiger partial charge is 0.102 e. The van der Waals surface area contributed by atoms with Crippen molar-refractivity contribution >= 4 is 41.0 Å². The van der Waals surface area contributed by atoms with Crippen molar-refractivity contribution in [3.63, 3.8) is 0 Å². The van der Waals surface area contributed by atoms with E-state index in [4.69, 9.17) is 11.2 Å². The highest BCUT2D eigenvalue weighted by molar-refractivity contribution is 8.62. The average molecular weight is 170 g/mol. The molecule has 32 valence electrons. The van der Waals surface area contributed by atoms with Crippen molar-refractivity contribution in [2.75, 3.05) is 0 Å². The van der Waals surface area contributed by atoms with Crippen LogP contribution in [0, 0.1) is 0 Å². The molecule has 0 nitrogen and oxygen atoms in total. The van der Waals surface area contributed by atoms with Gasteiger partial charge in [0.15, 0.2) is 0 Å². The summed E-state index contributed by atoms with van der Waals surface area (Å²) >= 11 is 4.80. The number of hydrogen-bond acceptors (Lipinski definition) is 1. The second kappa shape index (κ2) is 1.19. The van der Waals surface area contributed by atoms with Gasteiger partial charge < -0.3 is 0 Å². The first-order chi connectivity index (χ1) is 2.93. The van der Waals surface area contributed by atoms with Crippen molar-refractivity contribution in [2.24, 2.45) is 0 Å². The van der Waals surface area contributed by atoms with Gasteiger partial charge in [-0.15, -0.1) is 0 Å². The molecule has 0 aromatic heterocycles. The zero-order valence-electron chi connectivity index (χ0n) is 2.74. The number of hydrogen-bond donors (Lipinski definition) is 0. The van der Waals surface area contributed by atoms with E-state index in [2.05, 4.69) is 0 Å². The summed E-state index contributed by atoms with van der Waals surface area (Å²) in [5, 5.41) is 1.19. The van der Waals surface area contributed by atoms with Crippen LogP contribution in [0.1, 0.15) is 0 Å². The van der Waals surface area contributed by atoms with E-state index in [1.165, 1.54) is 5.14 Å². The van der Waals surface area contributed by atoms with Crippen molar-refractivity contribution in [1.82, 2.24) is 0 Å². The molecule has 2 heterocycles. The Morgan fingerprint density at radius 1 is 1.83 bits per heavy atom. The van der Waals surface area contributed by atoms with Gasteiger partial charge in [-0.2, -0.15) is 0 Å². The summed E-state index contributed by atoms with van der Waals surface area (Å²) in [6.07, 6.45) is 0. The summed E-state index contributed by atoms with van der Waals surface area (Å²) in [7, 11) is 3.50. The van der Waals surface area contributed by atoms with Crippen LogP contribution in [0.3, 0.4) is 0 Å². The molecule has 0 saturated heterocycles. The standard InChI is InChI=1S/CHP3S2/c5-6-4-1-2-3(1)4/h1H. The van der Waals surface area contributed by atoms with Crippen LogP contribution in [-0.2, 0) is 20.7 Å². The molecule has 0 fully saturated rings. The molecular formula is CHP3S2. The second-order valence-electron chi connectivity index (χ2n) is 1.16. The Kier molecular flexibility index (Phi) is 0.839. The van der Waals surface area contributed by atoms with Gasteiger partial charge in [-0.3, -0.25) is 0 Å². The molecule has 0 spiro atoms. The fraction of sp³-hybridized carbons (Fsp3) is 1.00. The monoisotopic (exact) mass is 170 g/mol. The number of fused-ring (bicyclic) bond motifs is 1. The molecule has 2 aliphatic rings. The van der Waals surface area contributed by atoms with Gasteiger partial charge >= 0.3 is 0 Å². The first-order valence-electron chi connectivity index (χ1n) is 1.52. The van der Waals surface area contributed by atoms with E-state index >= 15 is 0 Å². The van der Waals surface area contributed by atoms with Crippen LogP contribution >= 0.6 is 20.3 Å². The Morgan fingerprint density at radius 2 is 2.50 bits per heavy atom. The summed E-state index contributed by atoms with van der Waals surface area (Å²) in [4.78, 5) is 0. The minimum Gasteiger partial charge on any atom is -0.0510 e. The molecule has 2 aliphatic heterocycles. The maximum Gasteiger partial charge on any atom is 0.102 e. The molecule has 0 N–H and O–H groups in total. The van der Waals surface area contributed by atoms with Gasteiger partial charge in [0, 0.05) is 0 Å². The van der Waals surface area contributed by atoms with Crippen molar-refractivity contribution in [2.45, 2.75) is 5.14 Å². The van der Waals surface area contributed by atoms with Gasteiger partial charge in [-0.1, -0.05) is 7.87 Å². The highest BCUT2D eigenvalue weighted by Gasteiger charge is 2.35. The van der Waals surface area contributed by atoms with Crippen LogP contribution in [0.15, 0.2) is 0 Å². The Hall–Kier alpha value is 1.34. The van der Waals surface area contributed by atoms with Crippen LogP contribution in [0.2, 0.25) is 0 Å². The van der Waals surface area contributed by atoms with Crippen LogP contribution in [0.25, 0.3) is 0 Å². The van der Waals surface area contributed by atoms with Crippen LogP contribution in [-0.4, -0.2) is 5.14 Å². The van der Waals surface area contributed by atoms with Gasteiger partial charge in [0.1, 0.15) is 5.14 Å². The summed E-state index contributed by atoms with van der Waals surface area (Å²) < 4.78 is 0. The molecule has 2 rings (SSSR count). The molecule has 3 atom stereocenters. The van der Waals surface area contributed by atoms with E-state index in [9.17, 15) is 0 Å². The summed E-state index contributed by atoms with van der Waals surface area (Å²) in [6, 6.07) is 0. The molecule has 0 aromatic rings. The Morgan fingerprint density at radius 3 is 2.50 bits per heavy atom. The third kappa shape index (κ3) is 0.427. The summed E-state index contributed by atoms with van der Waals surface area (Å²) in [5.74, 6) is 0.472. The SMILES string of the molecule is S=S=P1=P2=PC21. The molecule has 5 heteroatoms. The maximum atomic E-state index is 4.80. The molecule has 3 unspecified atom stereocenters. The molecule has 0 bridgehead atoms. The van der Waals surface area contributed by atoms with Crippen LogP contribution in [0.5, 0.6) is 0 Å². The zero-order chi connectivity index (χ0) is 4.15. The van der Waals surface area contributed by atoms with E-state index in [0.717, 1.165) is 0 Å². The fourth-order valence-corrected chi connectivity index (χ4v) is 23.6. The third-order valence-electron chi connectivity index (χ3n) is 0.795. The Bertz CT molecular complexity index is 257. The van der Waals surface area contributed by atoms with E-state index in [-0.39, 0.29) is 0 Å². The van der Waals surface area contributed by atoms with Crippen molar-refractivity contribution in [3.05, 3.63) is 0 Å². The molecule has 0 aromatic carbocycles. The van der Waals surface area contributed by atoms with E-state index in [1.54, 1.807) is 17.4 Å². The van der Waals surface area contributed by atoms with Gasteiger partial charge in [0.25, 0.3) is 0 Å². The molecule has 0 radical (unpaired) electrons. The van der Waals surface area contributed by atoms with E-state index in [0.29, 0.717) is 12.5 Å². The molecule has 0 saturated carbocycles. The fourth-order valence-electron chi connectivity index (χ4n) is 0.336. The predicted molar refractivity (Wildman–Crippen MR) is 39.3 cm³/mol. The lowest BCUT2D eigenvalue weighted by atomic mass is 11.9. The smallest absolute Gasteiger partial charge is 0.0510 e. The van der Waals surface area contributed by atoms with Gasteiger partial charge in [0.2, 0.25) is 0 Å². The molecule has 0 aliphatic carbocycles. The highest BCUT2D eigenvalue weighted by atomic mass is 33.0. The van der Waals surface area contributed by atoms with Crippen LogP contribution < -0.4 is 0 Å². The third-order valence-corrected chi connectivity index (χ3v) is 21.1. The lowest BCUT2D eigenvalue weighted by Gasteiger charge is -1.53. The highest BCUT2D eigenvalue weighted by Crippen LogP contribution is 2.87. The van der Waals surface area contributed by atoms with Crippen LogP contribution in [0.4, 0.5) is 0 Å². The first-order valence-corrected chi connectivity index (χ1v) is 9.07. The molecule has 6 heavy (non-hydrogen) atoms. The Balaban J connectivity index is 3.18. The van der Waals surface area contributed by atoms with Crippen molar-refractivity contribution < 1.29 is 0 Å². The van der Waals surface area contributed by atoms with Gasteiger partial charge in [0.05, 0.1) is 0 Å². The second-order valence-corrected chi connectivity index (χ2v) is 14.9. The van der Waals surface area contributed by atoms with E-state index < -0.39 is 0 Å². The first kappa shape index (κ1) is 4.24. The topological polar surface area (TPSA) is 0 Å². The minimum atomic E-state index is 0.472. The quantitative estimate of drug-likeness (QED) is 0.503. The lowest BCUT2D eigenvalue weighted by Crippen LogP contribution is -1.31. The Labute approximate surface area is 46.4 Å². The predicted octanol–water partition coefficient (Wildman–Crippen LogP) is 2.50. The normalized spacial score (nSPS) is 49.0. The lowest BCUT2D eigenvalue weighted by molar-refractivity contribution is 2.20. The summed E-state index contributed by atoms with van der Waals surface area (Å²) in [6.45, 7) is 0.629. The summed E-state index contributed by atoms with van der Waals surface area (Å²) in [5.41, 5.74) is 0.